The van der Waals surface area contributed by atoms with Gasteiger partial charge in [-0.15, -0.1) is 0 Å². The first-order valence-electron chi connectivity index (χ1n) is 6.65. The van der Waals surface area contributed by atoms with Gasteiger partial charge in [0.25, 0.3) is 0 Å². The second-order valence-electron chi connectivity index (χ2n) is 5.17. The lowest BCUT2D eigenvalue weighted by Crippen LogP contribution is -2.23. The third-order valence-electron chi connectivity index (χ3n) is 3.79. The molecule has 0 spiro atoms. The molecule has 3 heteroatoms. The predicted octanol–water partition coefficient (Wildman–Crippen LogP) is 4.29. The third kappa shape index (κ3) is 2.38. The lowest BCUT2D eigenvalue weighted by atomic mass is 9.78. The van der Waals surface area contributed by atoms with Gasteiger partial charge in [0, 0.05) is 10.4 Å². The van der Waals surface area contributed by atoms with Gasteiger partial charge in [0.15, 0.2) is 6.29 Å². The molecule has 0 radical (unpaired) electrons. The molecular formula is C17H15BrO2. The Kier molecular flexibility index (Phi) is 3.62. The van der Waals surface area contributed by atoms with Gasteiger partial charge < -0.3 is 4.74 Å². The summed E-state index contributed by atoms with van der Waals surface area (Å²) in [6.45, 7) is 2.59. The fourth-order valence-electron chi connectivity index (χ4n) is 2.74. The van der Waals surface area contributed by atoms with Crippen molar-refractivity contribution in [2.45, 2.75) is 19.3 Å². The zero-order valence-electron chi connectivity index (χ0n) is 11.2. The fourth-order valence-corrected chi connectivity index (χ4v) is 3.33. The van der Waals surface area contributed by atoms with Gasteiger partial charge in [-0.2, -0.15) is 0 Å². The van der Waals surface area contributed by atoms with E-state index in [-0.39, 0.29) is 0 Å². The first-order chi connectivity index (χ1) is 9.69. The molecule has 0 heterocycles. The van der Waals surface area contributed by atoms with E-state index >= 15 is 0 Å². The van der Waals surface area contributed by atoms with Gasteiger partial charge in [-0.05, 0) is 42.2 Å². The van der Waals surface area contributed by atoms with Crippen molar-refractivity contribution in [3.8, 4) is 5.75 Å². The van der Waals surface area contributed by atoms with Gasteiger partial charge >= 0.3 is 0 Å². The number of hydrogen-bond acceptors (Lipinski definition) is 2. The van der Waals surface area contributed by atoms with Crippen LogP contribution in [-0.2, 0) is 6.42 Å². The predicted molar refractivity (Wildman–Crippen MR) is 82.6 cm³/mol. The molecule has 0 aromatic heterocycles. The van der Waals surface area contributed by atoms with Gasteiger partial charge in [0.2, 0.25) is 0 Å². The van der Waals surface area contributed by atoms with Crippen molar-refractivity contribution in [1.82, 2.24) is 0 Å². The Bertz CT molecular complexity index is 664. The molecule has 2 nitrogen and oxygen atoms in total. The van der Waals surface area contributed by atoms with E-state index in [0.29, 0.717) is 23.8 Å². The number of carbonyl (C=O) groups excluding carboxylic acids is 1. The van der Waals surface area contributed by atoms with E-state index in [4.69, 9.17) is 4.74 Å². The molecule has 1 aliphatic rings. The zero-order chi connectivity index (χ0) is 14.1. The highest BCUT2D eigenvalue weighted by molar-refractivity contribution is 9.10. The van der Waals surface area contributed by atoms with Gasteiger partial charge in [-0.3, -0.25) is 4.79 Å². The number of aryl methyl sites for hydroxylation is 1. The minimum Gasteiger partial charge on any atom is -0.492 e. The number of fused-ring (bicyclic) bond motifs is 1. The van der Waals surface area contributed by atoms with Crippen molar-refractivity contribution in [1.29, 1.82) is 0 Å². The first-order valence-corrected chi connectivity index (χ1v) is 7.44. The monoisotopic (exact) mass is 330 g/mol. The number of hydrogen-bond donors (Lipinski definition) is 0. The second-order valence-corrected chi connectivity index (χ2v) is 6.09. The van der Waals surface area contributed by atoms with E-state index in [0.717, 1.165) is 22.7 Å². The minimum absolute atomic E-state index is 0.439. The SMILES string of the molecule is Cc1cc(Br)cc(C=O)c1OCC1Cc2ccccc21. The summed E-state index contributed by atoms with van der Waals surface area (Å²) in [6, 6.07) is 12.2. The van der Waals surface area contributed by atoms with Crippen LogP contribution in [0, 0.1) is 6.92 Å². The summed E-state index contributed by atoms with van der Waals surface area (Å²) >= 11 is 3.40. The third-order valence-corrected chi connectivity index (χ3v) is 4.24. The van der Waals surface area contributed by atoms with Crippen LogP contribution < -0.4 is 4.74 Å². The van der Waals surface area contributed by atoms with Gasteiger partial charge in [-0.25, -0.2) is 0 Å². The van der Waals surface area contributed by atoms with Crippen molar-refractivity contribution in [3.63, 3.8) is 0 Å². The van der Waals surface area contributed by atoms with Gasteiger partial charge in [0.1, 0.15) is 5.75 Å². The molecule has 0 saturated heterocycles. The van der Waals surface area contributed by atoms with Crippen LogP contribution in [0.3, 0.4) is 0 Å². The number of aldehydes is 1. The Morgan fingerprint density at radius 2 is 2.15 bits per heavy atom. The highest BCUT2D eigenvalue weighted by Crippen LogP contribution is 2.36. The molecular weight excluding hydrogens is 316 g/mol. The minimum atomic E-state index is 0.439. The Labute approximate surface area is 126 Å². The van der Waals surface area contributed by atoms with Gasteiger partial charge in [0.05, 0.1) is 12.2 Å². The molecule has 2 aromatic rings. The molecule has 20 heavy (non-hydrogen) atoms. The zero-order valence-corrected chi connectivity index (χ0v) is 12.8. The summed E-state index contributed by atoms with van der Waals surface area (Å²) in [5, 5.41) is 0. The maximum Gasteiger partial charge on any atom is 0.153 e. The van der Waals surface area contributed by atoms with E-state index in [9.17, 15) is 4.79 Å². The summed E-state index contributed by atoms with van der Waals surface area (Å²) in [6.07, 6.45) is 1.91. The number of halogens is 1. The van der Waals surface area contributed by atoms with E-state index in [1.807, 2.05) is 13.0 Å². The van der Waals surface area contributed by atoms with E-state index in [1.165, 1.54) is 11.1 Å². The molecule has 2 aromatic carbocycles. The highest BCUT2D eigenvalue weighted by atomic mass is 79.9. The highest BCUT2D eigenvalue weighted by Gasteiger charge is 2.26. The standard InChI is InChI=1S/C17H15BrO2/c1-11-6-15(18)8-13(9-19)17(11)20-10-14-7-12-4-2-3-5-16(12)14/h2-6,8-9,14H,7,10H2,1H3. The van der Waals surface area contributed by atoms with Crippen molar-refractivity contribution >= 4 is 22.2 Å². The van der Waals surface area contributed by atoms with Crippen molar-refractivity contribution in [3.05, 3.63) is 63.1 Å². The summed E-state index contributed by atoms with van der Waals surface area (Å²) in [5.41, 5.74) is 4.36. The Morgan fingerprint density at radius 3 is 2.90 bits per heavy atom. The molecule has 0 bridgehead atoms. The summed E-state index contributed by atoms with van der Waals surface area (Å²) in [4.78, 5) is 11.2. The average Bonchev–Trinajstić information content (AvgIpc) is 2.41. The van der Waals surface area contributed by atoms with E-state index < -0.39 is 0 Å². The topological polar surface area (TPSA) is 26.3 Å². The van der Waals surface area contributed by atoms with E-state index in [1.54, 1.807) is 6.07 Å². The second kappa shape index (κ2) is 5.41. The molecule has 1 unspecified atom stereocenters. The van der Waals surface area contributed by atoms with Crippen LogP contribution in [-0.4, -0.2) is 12.9 Å². The van der Waals surface area contributed by atoms with Crippen LogP contribution in [0.1, 0.15) is 33.0 Å². The van der Waals surface area contributed by atoms with Crippen LogP contribution >= 0.6 is 15.9 Å². The smallest absolute Gasteiger partial charge is 0.153 e. The fraction of sp³-hybridized carbons (Fsp3) is 0.235. The molecule has 0 N–H and O–H groups in total. The lowest BCUT2D eigenvalue weighted by Gasteiger charge is -2.30. The van der Waals surface area contributed by atoms with Crippen LogP contribution in [0.15, 0.2) is 40.9 Å². The van der Waals surface area contributed by atoms with Crippen molar-refractivity contribution in [2.24, 2.45) is 0 Å². The maximum atomic E-state index is 11.2. The number of carbonyl (C=O) groups is 1. The maximum absolute atomic E-state index is 11.2. The molecule has 1 atom stereocenters. The summed E-state index contributed by atoms with van der Waals surface area (Å²) < 4.78 is 6.82. The largest absolute Gasteiger partial charge is 0.492 e. The molecule has 3 rings (SSSR count). The normalized spacial score (nSPS) is 16.2. The van der Waals surface area contributed by atoms with Gasteiger partial charge in [-0.1, -0.05) is 40.2 Å². The molecule has 1 aliphatic carbocycles. The Hall–Kier alpha value is -1.61. The van der Waals surface area contributed by atoms with Crippen LogP contribution in [0.25, 0.3) is 0 Å². The number of rotatable bonds is 4. The molecule has 102 valence electrons. The molecule has 0 fully saturated rings. The van der Waals surface area contributed by atoms with Crippen molar-refractivity contribution in [2.75, 3.05) is 6.61 Å². The van der Waals surface area contributed by atoms with Crippen LogP contribution in [0.5, 0.6) is 5.75 Å². The summed E-state index contributed by atoms with van der Waals surface area (Å²) in [7, 11) is 0. The quantitative estimate of drug-likeness (QED) is 0.782. The molecule has 0 saturated carbocycles. The van der Waals surface area contributed by atoms with E-state index in [2.05, 4.69) is 40.2 Å². The Balaban J connectivity index is 1.76. The summed E-state index contributed by atoms with van der Waals surface area (Å²) in [5.74, 6) is 1.14. The number of ether oxygens (including phenoxy) is 1. The molecule has 0 amide bonds. The number of benzene rings is 2. The van der Waals surface area contributed by atoms with Crippen LogP contribution in [0.2, 0.25) is 0 Å². The molecule has 0 aliphatic heterocycles. The Morgan fingerprint density at radius 1 is 1.35 bits per heavy atom. The lowest BCUT2D eigenvalue weighted by molar-refractivity contribution is 0.111. The van der Waals surface area contributed by atoms with Crippen molar-refractivity contribution < 1.29 is 9.53 Å². The van der Waals surface area contributed by atoms with Crippen LogP contribution in [0.4, 0.5) is 0 Å². The average molecular weight is 331 g/mol. The first kappa shape index (κ1) is 13.4.